The molecule has 3 aromatic carbocycles. The molecule has 18 heteroatoms. The van der Waals surface area contributed by atoms with Crippen LogP contribution in [-0.4, -0.2) is 65.4 Å². The Kier molecular flexibility index (Phi) is 18.6. The number of anilines is 2. The fourth-order valence-electron chi connectivity index (χ4n) is 3.82. The van der Waals surface area contributed by atoms with Gasteiger partial charge in [-0.1, -0.05) is 27.7 Å². The lowest BCUT2D eigenvalue weighted by molar-refractivity contribution is -0.385. The Balaban J connectivity index is 0.000000408. The molecular weight excluding hydrogens is 720 g/mol. The summed E-state index contributed by atoms with van der Waals surface area (Å²) in [5, 5.41) is 20.4. The number of hydrogen-bond acceptors (Lipinski definition) is 15. The van der Waals surface area contributed by atoms with E-state index in [1.54, 1.807) is 47.6 Å². The van der Waals surface area contributed by atoms with Crippen molar-refractivity contribution in [1.82, 2.24) is 0 Å². The number of benzene rings is 3. The van der Waals surface area contributed by atoms with Gasteiger partial charge in [0, 0.05) is 41.2 Å². The Bertz CT molecular complexity index is 1760. The fraction of sp³-hybridized carbons (Fsp3) is 0.343. The first kappa shape index (κ1) is 44.9. The molecule has 0 aromatic heterocycles. The normalized spacial score (nSPS) is 10.1. The first-order chi connectivity index (χ1) is 24.7. The molecule has 3 rings (SSSR count). The molecule has 0 saturated heterocycles. The predicted octanol–water partition coefficient (Wildman–Crippen LogP) is 5.75. The number of nitrogens with two attached hydrogens (primary N) is 2. The van der Waals surface area contributed by atoms with E-state index in [-0.39, 0.29) is 78.3 Å². The van der Waals surface area contributed by atoms with Crippen molar-refractivity contribution in [1.29, 1.82) is 0 Å². The molecule has 53 heavy (non-hydrogen) atoms. The number of nitro groups is 2. The van der Waals surface area contributed by atoms with Gasteiger partial charge in [0.1, 0.15) is 26.4 Å². The molecule has 0 bridgehead atoms. The van der Waals surface area contributed by atoms with Crippen molar-refractivity contribution >= 4 is 63.5 Å². The summed E-state index contributed by atoms with van der Waals surface area (Å²) in [6.45, 7) is 10.0. The number of nitrogens with zero attached hydrogens (tertiary/aromatic N) is 2. The Morgan fingerprint density at radius 2 is 0.925 bits per heavy atom. The molecule has 0 radical (unpaired) electrons. The van der Waals surface area contributed by atoms with Gasteiger partial charge in [0.25, 0.3) is 16.6 Å². The first-order valence-corrected chi connectivity index (χ1v) is 16.1. The van der Waals surface area contributed by atoms with E-state index < -0.39 is 27.0 Å². The SMILES string of the molecule is CC(C)C(=O)OCCOC(=O)c1cc(N)cc(N)c1.Cc1cc(C(=O)Cl)cc([N+](=O)[O-])c1.Cc1cc(C(=O)OCCOC(=O)C(C)C)cc([N+](=O)[O-])c1. The molecule has 0 amide bonds. The zero-order chi connectivity index (χ0) is 40.4. The number of halogens is 1. The third kappa shape index (κ3) is 17.1. The highest BCUT2D eigenvalue weighted by atomic mass is 35.5. The number of rotatable bonds is 13. The van der Waals surface area contributed by atoms with Crippen LogP contribution in [-0.2, 0) is 28.5 Å². The van der Waals surface area contributed by atoms with Gasteiger partial charge in [-0.05, 0) is 66.9 Å². The zero-order valence-corrected chi connectivity index (χ0v) is 30.7. The van der Waals surface area contributed by atoms with Crippen LogP contribution in [0.4, 0.5) is 22.7 Å². The zero-order valence-electron chi connectivity index (χ0n) is 29.9. The van der Waals surface area contributed by atoms with Gasteiger partial charge in [-0.3, -0.25) is 34.6 Å². The van der Waals surface area contributed by atoms with Crippen LogP contribution in [0.25, 0.3) is 0 Å². The second kappa shape index (κ2) is 22.0. The molecule has 0 aliphatic heterocycles. The average molecular weight is 761 g/mol. The van der Waals surface area contributed by atoms with Gasteiger partial charge in [-0.2, -0.15) is 0 Å². The maximum atomic E-state index is 11.8. The quantitative estimate of drug-likeness (QED) is 0.0400. The van der Waals surface area contributed by atoms with Crippen LogP contribution in [0.3, 0.4) is 0 Å². The van der Waals surface area contributed by atoms with Crippen molar-refractivity contribution in [2.45, 2.75) is 41.5 Å². The van der Waals surface area contributed by atoms with Crippen LogP contribution in [0.15, 0.2) is 54.6 Å². The Morgan fingerprint density at radius 3 is 1.28 bits per heavy atom. The third-order valence-corrected chi connectivity index (χ3v) is 6.50. The second-order valence-corrected chi connectivity index (χ2v) is 12.1. The van der Waals surface area contributed by atoms with Crippen molar-refractivity contribution in [2.24, 2.45) is 11.8 Å². The Labute approximate surface area is 309 Å². The standard InChI is InChI=1S/C14H17NO6.C13H18N2O4.C8H6ClNO3/c1-9(2)13(16)20-4-5-21-14(17)11-6-10(3)7-12(8-11)15(18)19;1-8(2)12(16)18-3-4-19-13(17)9-5-10(14)7-11(15)6-9;1-5-2-6(8(9)11)4-7(3-5)10(12)13/h6-9H,4-5H2,1-3H3;5-8H,3-4,14-15H2,1-2H3;2-4H,1H3. The molecule has 0 atom stereocenters. The minimum atomic E-state index is -0.692. The Hall–Kier alpha value is -6.10. The second-order valence-electron chi connectivity index (χ2n) is 11.7. The highest BCUT2D eigenvalue weighted by Gasteiger charge is 2.16. The number of hydrogen-bond donors (Lipinski definition) is 2. The van der Waals surface area contributed by atoms with Gasteiger partial charge in [0.15, 0.2) is 0 Å². The van der Waals surface area contributed by atoms with E-state index in [1.807, 2.05) is 0 Å². The minimum Gasteiger partial charge on any atom is -0.462 e. The lowest BCUT2D eigenvalue weighted by Gasteiger charge is -2.08. The van der Waals surface area contributed by atoms with Crippen molar-refractivity contribution in [2.75, 3.05) is 37.9 Å². The van der Waals surface area contributed by atoms with Gasteiger partial charge in [-0.25, -0.2) is 9.59 Å². The summed E-state index contributed by atoms with van der Waals surface area (Å²) in [7, 11) is 0. The van der Waals surface area contributed by atoms with Crippen LogP contribution in [0.2, 0.25) is 0 Å². The number of carbonyl (C=O) groups excluding carboxylic acids is 5. The van der Waals surface area contributed by atoms with E-state index >= 15 is 0 Å². The van der Waals surface area contributed by atoms with Gasteiger partial charge >= 0.3 is 23.9 Å². The van der Waals surface area contributed by atoms with Crippen molar-refractivity contribution < 1.29 is 52.8 Å². The van der Waals surface area contributed by atoms with Crippen LogP contribution in [0, 0.1) is 45.9 Å². The molecular formula is C35H41ClN4O13. The molecule has 3 aromatic rings. The van der Waals surface area contributed by atoms with Crippen molar-refractivity contribution in [3.05, 3.63) is 103 Å². The summed E-state index contributed by atoms with van der Waals surface area (Å²) in [4.78, 5) is 76.4. The van der Waals surface area contributed by atoms with E-state index in [0.29, 0.717) is 22.5 Å². The largest absolute Gasteiger partial charge is 0.462 e. The number of ether oxygens (including phenoxy) is 4. The van der Waals surface area contributed by atoms with Crippen LogP contribution in [0.1, 0.15) is 69.9 Å². The maximum Gasteiger partial charge on any atom is 0.338 e. The van der Waals surface area contributed by atoms with Gasteiger partial charge in [-0.15, -0.1) is 0 Å². The lowest BCUT2D eigenvalue weighted by atomic mass is 10.1. The highest BCUT2D eigenvalue weighted by molar-refractivity contribution is 6.67. The number of esters is 4. The minimum absolute atomic E-state index is 0.00794. The number of carbonyl (C=O) groups is 5. The van der Waals surface area contributed by atoms with E-state index in [4.69, 9.17) is 42.0 Å². The highest BCUT2D eigenvalue weighted by Crippen LogP contribution is 2.19. The number of aryl methyl sites for hydroxylation is 2. The topological polar surface area (TPSA) is 261 Å². The summed E-state index contributed by atoms with van der Waals surface area (Å²) in [5.41, 5.74) is 13.4. The van der Waals surface area contributed by atoms with E-state index in [0.717, 1.165) is 12.1 Å². The van der Waals surface area contributed by atoms with E-state index in [2.05, 4.69) is 0 Å². The van der Waals surface area contributed by atoms with Crippen LogP contribution >= 0.6 is 11.6 Å². The predicted molar refractivity (Wildman–Crippen MR) is 193 cm³/mol. The monoisotopic (exact) mass is 760 g/mol. The number of nitro benzene ring substituents is 2. The summed E-state index contributed by atoms with van der Waals surface area (Å²) >= 11 is 5.19. The number of nitrogen functional groups attached to an aromatic ring is 2. The molecule has 0 saturated carbocycles. The van der Waals surface area contributed by atoms with E-state index in [9.17, 15) is 44.2 Å². The molecule has 0 aliphatic carbocycles. The van der Waals surface area contributed by atoms with Gasteiger partial charge in [0.2, 0.25) is 0 Å². The van der Waals surface area contributed by atoms with Crippen molar-refractivity contribution in [3.63, 3.8) is 0 Å². The molecule has 4 N–H and O–H groups in total. The first-order valence-electron chi connectivity index (χ1n) is 15.8. The number of non-ortho nitro benzene ring substituents is 2. The molecule has 0 fully saturated rings. The molecule has 0 unspecified atom stereocenters. The average Bonchev–Trinajstić information content (AvgIpc) is 3.07. The molecule has 0 spiro atoms. The maximum absolute atomic E-state index is 11.8. The smallest absolute Gasteiger partial charge is 0.338 e. The molecule has 0 heterocycles. The van der Waals surface area contributed by atoms with Crippen LogP contribution < -0.4 is 11.5 Å². The van der Waals surface area contributed by atoms with E-state index in [1.165, 1.54) is 36.4 Å². The molecule has 286 valence electrons. The third-order valence-electron chi connectivity index (χ3n) is 6.29. The molecule has 0 aliphatic rings. The fourth-order valence-corrected chi connectivity index (χ4v) is 3.92. The summed E-state index contributed by atoms with van der Waals surface area (Å²) in [5.74, 6) is -2.41. The summed E-state index contributed by atoms with van der Waals surface area (Å²) < 4.78 is 19.6. The molecule has 17 nitrogen and oxygen atoms in total. The summed E-state index contributed by atoms with van der Waals surface area (Å²) in [6, 6.07) is 12.5. The van der Waals surface area contributed by atoms with Gasteiger partial charge < -0.3 is 30.4 Å². The Morgan fingerprint density at radius 1 is 0.585 bits per heavy atom. The summed E-state index contributed by atoms with van der Waals surface area (Å²) in [6.07, 6.45) is 0. The van der Waals surface area contributed by atoms with Gasteiger partial charge in [0.05, 0.1) is 32.8 Å². The van der Waals surface area contributed by atoms with Crippen molar-refractivity contribution in [3.8, 4) is 0 Å². The van der Waals surface area contributed by atoms with Crippen LogP contribution in [0.5, 0.6) is 0 Å². The lowest BCUT2D eigenvalue weighted by Crippen LogP contribution is -2.17.